The highest BCUT2D eigenvalue weighted by Gasteiger charge is 2.28. The Labute approximate surface area is 119 Å². The second-order valence-electron chi connectivity index (χ2n) is 4.66. The number of nitrogens with zero attached hydrogens (tertiary/aromatic N) is 1. The lowest BCUT2D eigenvalue weighted by Gasteiger charge is -2.30. The lowest BCUT2D eigenvalue weighted by Crippen LogP contribution is -2.42. The summed E-state index contributed by atoms with van der Waals surface area (Å²) in [6.45, 7) is 0.876. The van der Waals surface area contributed by atoms with E-state index in [4.69, 9.17) is 10.8 Å². The van der Waals surface area contributed by atoms with Crippen LogP contribution in [-0.2, 0) is 4.79 Å². The molecule has 0 aromatic heterocycles. The summed E-state index contributed by atoms with van der Waals surface area (Å²) in [6.07, 6.45) is 1.35. The number of halogens is 1. The molecule has 1 aromatic carbocycles. The molecule has 0 unspecified atom stereocenters. The Balaban J connectivity index is 2.14. The number of hydrogen-bond donors (Lipinski definition) is 2. The van der Waals surface area contributed by atoms with Crippen LogP contribution in [0.2, 0.25) is 0 Å². The van der Waals surface area contributed by atoms with E-state index in [1.807, 2.05) is 0 Å². The number of carboxylic acid groups (broad SMARTS) is 1. The minimum absolute atomic E-state index is 0.147. The first-order valence-corrected chi connectivity index (χ1v) is 6.85. The second kappa shape index (κ2) is 5.61. The van der Waals surface area contributed by atoms with Crippen LogP contribution >= 0.6 is 15.9 Å². The van der Waals surface area contributed by atoms with Crippen LogP contribution in [0.3, 0.4) is 0 Å². The number of hydrogen-bond acceptors (Lipinski definition) is 3. The molecule has 5 nitrogen and oxygen atoms in total. The molecule has 1 atom stereocenters. The predicted molar refractivity (Wildman–Crippen MR) is 74.8 cm³/mol. The van der Waals surface area contributed by atoms with Crippen molar-refractivity contribution in [3.8, 4) is 0 Å². The molecule has 0 spiro atoms. The van der Waals surface area contributed by atoms with Crippen molar-refractivity contribution in [3.05, 3.63) is 28.2 Å². The van der Waals surface area contributed by atoms with Crippen LogP contribution in [0.5, 0.6) is 0 Å². The fourth-order valence-corrected chi connectivity index (χ4v) is 2.58. The van der Waals surface area contributed by atoms with Crippen molar-refractivity contribution in [1.29, 1.82) is 0 Å². The molecule has 6 heteroatoms. The zero-order valence-corrected chi connectivity index (χ0v) is 11.9. The number of carbonyl (C=O) groups excluding carboxylic acids is 1. The number of amides is 1. The van der Waals surface area contributed by atoms with Gasteiger partial charge in [-0.3, -0.25) is 9.59 Å². The zero-order valence-electron chi connectivity index (χ0n) is 10.3. The predicted octanol–water partition coefficient (Wildman–Crippen LogP) is 1.97. The Morgan fingerprint density at radius 3 is 2.79 bits per heavy atom. The van der Waals surface area contributed by atoms with E-state index in [0.717, 1.165) is 6.42 Å². The first-order chi connectivity index (χ1) is 8.99. The Hall–Kier alpha value is -1.56. The van der Waals surface area contributed by atoms with Gasteiger partial charge in [0.1, 0.15) is 0 Å². The van der Waals surface area contributed by atoms with Gasteiger partial charge < -0.3 is 15.7 Å². The smallest absolute Gasteiger partial charge is 0.308 e. The second-order valence-corrected chi connectivity index (χ2v) is 5.52. The maximum Gasteiger partial charge on any atom is 0.308 e. The average molecular weight is 327 g/mol. The number of nitrogen functional groups attached to an aromatic ring is 1. The molecule has 1 saturated heterocycles. The number of nitrogens with two attached hydrogens (primary N) is 1. The number of piperidine rings is 1. The normalized spacial score (nSPS) is 19.2. The van der Waals surface area contributed by atoms with E-state index in [0.29, 0.717) is 28.7 Å². The lowest BCUT2D eigenvalue weighted by molar-refractivity contribution is -0.143. The molecule has 1 heterocycles. The van der Waals surface area contributed by atoms with Crippen molar-refractivity contribution < 1.29 is 14.7 Å². The molecule has 1 fully saturated rings. The molecule has 2 rings (SSSR count). The Morgan fingerprint density at radius 1 is 1.42 bits per heavy atom. The van der Waals surface area contributed by atoms with Gasteiger partial charge in [-0.15, -0.1) is 0 Å². The van der Waals surface area contributed by atoms with Gasteiger partial charge in [-0.05, 0) is 47.0 Å². The third-order valence-electron chi connectivity index (χ3n) is 3.31. The molecule has 1 aliphatic rings. The molecule has 19 heavy (non-hydrogen) atoms. The highest BCUT2D eigenvalue weighted by atomic mass is 79.9. The van der Waals surface area contributed by atoms with Crippen LogP contribution in [0, 0.1) is 5.92 Å². The van der Waals surface area contributed by atoms with Gasteiger partial charge in [-0.2, -0.15) is 0 Å². The number of rotatable bonds is 2. The molecular formula is C13H15BrN2O3. The summed E-state index contributed by atoms with van der Waals surface area (Å²) in [7, 11) is 0. The van der Waals surface area contributed by atoms with Gasteiger partial charge in [-0.25, -0.2) is 0 Å². The van der Waals surface area contributed by atoms with E-state index in [-0.39, 0.29) is 12.5 Å². The van der Waals surface area contributed by atoms with E-state index >= 15 is 0 Å². The number of benzene rings is 1. The van der Waals surface area contributed by atoms with Gasteiger partial charge in [0.2, 0.25) is 0 Å². The lowest BCUT2D eigenvalue weighted by atomic mass is 9.97. The van der Waals surface area contributed by atoms with Crippen molar-refractivity contribution in [2.75, 3.05) is 18.8 Å². The van der Waals surface area contributed by atoms with Crippen molar-refractivity contribution in [1.82, 2.24) is 4.90 Å². The molecule has 0 aliphatic carbocycles. The summed E-state index contributed by atoms with van der Waals surface area (Å²) in [5.74, 6) is -1.45. The van der Waals surface area contributed by atoms with Crippen LogP contribution in [0.25, 0.3) is 0 Å². The maximum atomic E-state index is 12.3. The average Bonchev–Trinajstić information content (AvgIpc) is 2.41. The third kappa shape index (κ3) is 3.07. The summed E-state index contributed by atoms with van der Waals surface area (Å²) in [5.41, 5.74) is 6.77. The largest absolute Gasteiger partial charge is 0.481 e. The summed E-state index contributed by atoms with van der Waals surface area (Å²) in [6, 6.07) is 4.99. The molecule has 1 aliphatic heterocycles. The number of aliphatic carboxylic acids is 1. The number of anilines is 1. The van der Waals surface area contributed by atoms with Gasteiger partial charge in [0.15, 0.2) is 0 Å². The number of carboxylic acids is 1. The molecule has 0 bridgehead atoms. The van der Waals surface area contributed by atoms with Crippen LogP contribution in [0.15, 0.2) is 22.7 Å². The molecule has 3 N–H and O–H groups in total. The highest BCUT2D eigenvalue weighted by Crippen LogP contribution is 2.23. The molecule has 0 saturated carbocycles. The molecule has 1 amide bonds. The summed E-state index contributed by atoms with van der Waals surface area (Å²) < 4.78 is 0.671. The Bertz CT molecular complexity index is 519. The molecular weight excluding hydrogens is 312 g/mol. The maximum absolute atomic E-state index is 12.3. The van der Waals surface area contributed by atoms with Crippen molar-refractivity contribution in [3.63, 3.8) is 0 Å². The fourth-order valence-electron chi connectivity index (χ4n) is 2.21. The monoisotopic (exact) mass is 326 g/mol. The van der Waals surface area contributed by atoms with E-state index < -0.39 is 11.9 Å². The minimum Gasteiger partial charge on any atom is -0.481 e. The van der Waals surface area contributed by atoms with Crippen molar-refractivity contribution in [2.45, 2.75) is 12.8 Å². The van der Waals surface area contributed by atoms with Gasteiger partial charge in [-0.1, -0.05) is 0 Å². The zero-order chi connectivity index (χ0) is 14.0. The summed E-state index contributed by atoms with van der Waals surface area (Å²) >= 11 is 3.28. The first-order valence-electron chi connectivity index (χ1n) is 6.06. The van der Waals surface area contributed by atoms with Gasteiger partial charge in [0.25, 0.3) is 5.91 Å². The topological polar surface area (TPSA) is 83.6 Å². The Kier molecular flexibility index (Phi) is 4.09. The van der Waals surface area contributed by atoms with E-state index in [1.54, 1.807) is 23.1 Å². The van der Waals surface area contributed by atoms with Crippen LogP contribution < -0.4 is 5.73 Å². The van der Waals surface area contributed by atoms with Crippen molar-refractivity contribution in [2.24, 2.45) is 5.92 Å². The van der Waals surface area contributed by atoms with Gasteiger partial charge in [0, 0.05) is 28.8 Å². The van der Waals surface area contributed by atoms with E-state index in [2.05, 4.69) is 15.9 Å². The van der Waals surface area contributed by atoms with E-state index in [1.165, 1.54) is 0 Å². The van der Waals surface area contributed by atoms with Crippen LogP contribution in [-0.4, -0.2) is 35.0 Å². The first kappa shape index (κ1) is 13.9. The fraction of sp³-hybridized carbons (Fsp3) is 0.385. The quantitative estimate of drug-likeness (QED) is 0.814. The number of carbonyl (C=O) groups is 2. The van der Waals surface area contributed by atoms with Crippen LogP contribution in [0.4, 0.5) is 5.69 Å². The molecule has 0 radical (unpaired) electrons. The van der Waals surface area contributed by atoms with Crippen molar-refractivity contribution >= 4 is 33.5 Å². The minimum atomic E-state index is -0.837. The summed E-state index contributed by atoms with van der Waals surface area (Å²) in [5, 5.41) is 9.03. The number of likely N-dealkylation sites (tertiary alicyclic amines) is 1. The Morgan fingerprint density at radius 2 is 2.16 bits per heavy atom. The van der Waals surface area contributed by atoms with Crippen LogP contribution in [0.1, 0.15) is 23.2 Å². The SMILES string of the molecule is Nc1ccc(C(=O)N2CCC[C@H](C(=O)O)C2)cc1Br. The standard InChI is InChI=1S/C13H15BrN2O3/c14-10-6-8(3-4-11(10)15)12(17)16-5-1-2-9(7-16)13(18)19/h3-4,6,9H,1-2,5,7,15H2,(H,18,19)/t9-/m0/s1. The van der Waals surface area contributed by atoms with Gasteiger partial charge >= 0.3 is 5.97 Å². The van der Waals surface area contributed by atoms with Gasteiger partial charge in [0.05, 0.1) is 5.92 Å². The summed E-state index contributed by atoms with van der Waals surface area (Å²) in [4.78, 5) is 24.9. The molecule has 1 aromatic rings. The molecule has 102 valence electrons. The third-order valence-corrected chi connectivity index (χ3v) is 3.99. The highest BCUT2D eigenvalue weighted by molar-refractivity contribution is 9.10. The van der Waals surface area contributed by atoms with E-state index in [9.17, 15) is 9.59 Å².